The van der Waals surface area contributed by atoms with Crippen molar-refractivity contribution in [3.8, 4) is 0 Å². The lowest BCUT2D eigenvalue weighted by molar-refractivity contribution is 0.381. The van der Waals surface area contributed by atoms with Crippen LogP contribution in [0.15, 0.2) is 0 Å². The summed E-state index contributed by atoms with van der Waals surface area (Å²) in [6.45, 7) is 17.7. The zero-order chi connectivity index (χ0) is 31.8. The first-order chi connectivity index (χ1) is 18.4. The van der Waals surface area contributed by atoms with Crippen molar-refractivity contribution in [1.29, 1.82) is 0 Å². The molecule has 1 heterocycles. The minimum absolute atomic E-state index is 0.00630. The van der Waals surface area contributed by atoms with Crippen molar-refractivity contribution in [2.75, 3.05) is 0 Å². The van der Waals surface area contributed by atoms with Gasteiger partial charge < -0.3 is 0 Å². The van der Waals surface area contributed by atoms with Crippen LogP contribution in [-0.2, 0) is 0 Å². The normalized spacial score (nSPS) is 18.7. The van der Waals surface area contributed by atoms with E-state index in [2.05, 4.69) is 0 Å². The molecule has 0 amide bonds. The van der Waals surface area contributed by atoms with Gasteiger partial charge in [0.2, 0.25) is 0 Å². The summed E-state index contributed by atoms with van der Waals surface area (Å²) in [6.07, 6.45) is -4.47. The fraction of sp³-hybridized carbons (Fsp3) is 0.586. The van der Waals surface area contributed by atoms with Gasteiger partial charge in [-0.05, 0) is 68.7 Å². The van der Waals surface area contributed by atoms with Crippen LogP contribution in [0.4, 0.5) is 43.9 Å². The molecule has 2 aromatic rings. The molecule has 12 heteroatoms. The maximum Gasteiger partial charge on any atom is 0.200 e. The van der Waals surface area contributed by atoms with Crippen LogP contribution in [0.1, 0.15) is 75.2 Å². The van der Waals surface area contributed by atoms with Gasteiger partial charge in [0, 0.05) is 12.9 Å². The zero-order valence-electron chi connectivity index (χ0n) is 24.7. The lowest BCUT2D eigenvalue weighted by Gasteiger charge is -2.62. The predicted molar refractivity (Wildman–Crippen MR) is 146 cm³/mol. The van der Waals surface area contributed by atoms with E-state index >= 15 is 17.6 Å². The summed E-state index contributed by atoms with van der Waals surface area (Å²) < 4.78 is 149. The van der Waals surface area contributed by atoms with E-state index in [1.54, 1.807) is 0 Å². The minimum Gasteiger partial charge on any atom is -0.207 e. The van der Waals surface area contributed by atoms with Crippen molar-refractivity contribution in [2.45, 2.75) is 109 Å². The van der Waals surface area contributed by atoms with Gasteiger partial charge in [-0.1, -0.05) is 6.42 Å². The Balaban J connectivity index is 2.61. The SMILES string of the molecule is CC(C)(C)[P+](C1CCC[B-](c2c(F)c(F)c(F)c(F)c2F)(c2c(F)c(F)c(F)c(F)c2F)C1)(C(C)(C)C)C(C)(C)C. The maximum absolute atomic E-state index is 15.6. The van der Waals surface area contributed by atoms with Crippen LogP contribution < -0.4 is 10.9 Å². The van der Waals surface area contributed by atoms with Crippen molar-refractivity contribution < 1.29 is 43.9 Å². The topological polar surface area (TPSA) is 0 Å². The number of hydrogen-bond acceptors (Lipinski definition) is 0. The molecule has 1 fully saturated rings. The van der Waals surface area contributed by atoms with Gasteiger partial charge in [0.1, 0.15) is 23.3 Å². The van der Waals surface area contributed by atoms with Crippen molar-refractivity contribution in [3.05, 3.63) is 58.2 Å². The van der Waals surface area contributed by atoms with E-state index in [9.17, 15) is 26.3 Å². The van der Waals surface area contributed by atoms with Gasteiger partial charge in [0.05, 0.1) is 21.6 Å². The van der Waals surface area contributed by atoms with E-state index in [4.69, 9.17) is 0 Å². The van der Waals surface area contributed by atoms with Crippen molar-refractivity contribution in [2.24, 2.45) is 0 Å². The summed E-state index contributed by atoms with van der Waals surface area (Å²) in [7, 11) is -2.57. The van der Waals surface area contributed by atoms with Crippen LogP contribution >= 0.6 is 7.26 Å². The Kier molecular flexibility index (Phi) is 8.60. The molecule has 0 bridgehead atoms. The Hall–Kier alpha value is -1.77. The number of rotatable bonds is 3. The standard InChI is InChI=1S/C29H36BF10P/c1-27(2,3)41(28(4,5)6,29(7,8)9)14-11-10-12-30(13-14,15-17(31)21(35)25(39)22(36)18(15)32)16-19(33)23(37)26(40)24(38)20(16)34/h14H,10-13H2,1-9H3. The van der Waals surface area contributed by atoms with Gasteiger partial charge in [-0.3, -0.25) is 0 Å². The third-order valence-electron chi connectivity index (χ3n) is 9.22. The molecule has 0 aromatic heterocycles. The van der Waals surface area contributed by atoms with Gasteiger partial charge >= 0.3 is 0 Å². The second-order valence-corrected chi connectivity index (χ2v) is 20.5. The molecule has 0 saturated carbocycles. The predicted octanol–water partition coefficient (Wildman–Crippen LogP) is 9.22. The van der Waals surface area contributed by atoms with E-state index in [1.807, 2.05) is 62.3 Å². The maximum atomic E-state index is 15.6. The number of halogens is 10. The molecular formula is C29H36BF10P. The third kappa shape index (κ3) is 4.71. The summed E-state index contributed by atoms with van der Waals surface area (Å²) in [4.78, 5) is 0. The first-order valence-electron chi connectivity index (χ1n) is 13.5. The monoisotopic (exact) mass is 616 g/mol. The van der Waals surface area contributed by atoms with Crippen LogP contribution in [0.2, 0.25) is 12.6 Å². The minimum atomic E-state index is -3.75. The molecule has 1 aliphatic rings. The zero-order valence-corrected chi connectivity index (χ0v) is 25.6. The lowest BCUT2D eigenvalue weighted by Crippen LogP contribution is -2.67. The van der Waals surface area contributed by atoms with Gasteiger partial charge in [-0.25, -0.2) is 43.9 Å². The smallest absolute Gasteiger partial charge is 0.200 e. The highest BCUT2D eigenvalue weighted by molar-refractivity contribution is 7.80. The molecule has 230 valence electrons. The Morgan fingerprint density at radius 1 is 0.488 bits per heavy atom. The highest BCUT2D eigenvalue weighted by atomic mass is 31.2. The summed E-state index contributed by atoms with van der Waals surface area (Å²) in [5.41, 5.74) is -3.64. The summed E-state index contributed by atoms with van der Waals surface area (Å²) in [5, 5.41) is -1.54. The van der Waals surface area contributed by atoms with Crippen molar-refractivity contribution >= 4 is 24.3 Å². The van der Waals surface area contributed by atoms with Gasteiger partial charge in [0.25, 0.3) is 0 Å². The fourth-order valence-electron chi connectivity index (χ4n) is 9.30. The molecule has 0 aliphatic carbocycles. The first-order valence-corrected chi connectivity index (χ1v) is 15.4. The highest BCUT2D eigenvalue weighted by Gasteiger charge is 2.68. The molecule has 1 atom stereocenters. The third-order valence-corrected chi connectivity index (χ3v) is 17.1. The second-order valence-electron chi connectivity index (χ2n) is 14.3. The van der Waals surface area contributed by atoms with Gasteiger partial charge in [0.15, 0.2) is 34.9 Å². The number of benzene rings is 2. The first kappa shape index (κ1) is 33.7. The largest absolute Gasteiger partial charge is 0.207 e. The molecular weight excluding hydrogens is 580 g/mol. The van der Waals surface area contributed by atoms with Crippen molar-refractivity contribution in [3.63, 3.8) is 0 Å². The molecule has 2 aromatic carbocycles. The van der Waals surface area contributed by atoms with Gasteiger partial charge in [-0.15, -0.1) is 17.2 Å². The Morgan fingerprint density at radius 2 is 0.756 bits per heavy atom. The molecule has 1 saturated heterocycles. The van der Waals surface area contributed by atoms with Crippen LogP contribution in [0.3, 0.4) is 0 Å². The molecule has 0 nitrogen and oxygen atoms in total. The van der Waals surface area contributed by atoms with Crippen molar-refractivity contribution in [1.82, 2.24) is 0 Å². The number of hydrogen-bond donors (Lipinski definition) is 0. The highest BCUT2D eigenvalue weighted by Crippen LogP contribution is 2.87. The Labute approximate surface area is 235 Å². The Bertz CT molecular complexity index is 1200. The van der Waals surface area contributed by atoms with Crippen LogP contribution in [-0.4, -0.2) is 27.3 Å². The van der Waals surface area contributed by atoms with E-state index in [1.165, 1.54) is 0 Å². The molecule has 1 unspecified atom stereocenters. The fourth-order valence-corrected chi connectivity index (χ4v) is 19.9. The average molecular weight is 616 g/mol. The molecule has 0 N–H and O–H groups in total. The quantitative estimate of drug-likeness (QED) is 0.106. The molecule has 3 rings (SSSR count). The van der Waals surface area contributed by atoms with E-state index < -0.39 is 116 Å². The second kappa shape index (κ2) is 10.4. The molecule has 41 heavy (non-hydrogen) atoms. The van der Waals surface area contributed by atoms with E-state index in [0.717, 1.165) is 0 Å². The average Bonchev–Trinajstić information content (AvgIpc) is 2.82. The Morgan fingerprint density at radius 3 is 1.02 bits per heavy atom. The summed E-state index contributed by atoms with van der Waals surface area (Å²) in [6, 6.07) is 0. The summed E-state index contributed by atoms with van der Waals surface area (Å²) >= 11 is 0. The van der Waals surface area contributed by atoms with Crippen LogP contribution in [0.5, 0.6) is 0 Å². The molecule has 0 spiro atoms. The van der Waals surface area contributed by atoms with Gasteiger partial charge in [-0.2, -0.15) is 6.32 Å². The van der Waals surface area contributed by atoms with E-state index in [-0.39, 0.29) is 6.42 Å². The van der Waals surface area contributed by atoms with Crippen LogP contribution in [0.25, 0.3) is 0 Å². The van der Waals surface area contributed by atoms with E-state index in [0.29, 0.717) is 6.42 Å². The van der Waals surface area contributed by atoms with Crippen LogP contribution in [0, 0.1) is 58.2 Å². The summed E-state index contributed by atoms with van der Waals surface area (Å²) in [5.74, 6) is -23.7. The lowest BCUT2D eigenvalue weighted by atomic mass is 9.13. The molecule has 1 aliphatic heterocycles. The molecule has 0 radical (unpaired) electrons.